The second kappa shape index (κ2) is 9.40. The predicted octanol–water partition coefficient (Wildman–Crippen LogP) is 4.15. The molecule has 2 rings (SSSR count). The van der Waals surface area contributed by atoms with Gasteiger partial charge < -0.3 is 15.8 Å². The van der Waals surface area contributed by atoms with Crippen molar-refractivity contribution in [2.45, 2.75) is 60.9 Å². The first-order valence-corrected chi connectivity index (χ1v) is 10.4. The summed E-state index contributed by atoms with van der Waals surface area (Å²) in [7, 11) is 0. The van der Waals surface area contributed by atoms with E-state index in [1.54, 1.807) is 0 Å². The van der Waals surface area contributed by atoms with Crippen LogP contribution in [0, 0.1) is 18.8 Å². The Balaban J connectivity index is 2.70. The SMILES string of the molecule is CC[C@@H](N)C(=O)Oc1c(C)cccc1C1=C(C(C)C)C(C(=O)C(C)C)=C(C)CN1. The summed E-state index contributed by atoms with van der Waals surface area (Å²) in [5.41, 5.74) is 11.2. The second-order valence-corrected chi connectivity index (χ2v) is 8.36. The van der Waals surface area contributed by atoms with E-state index in [-0.39, 0.29) is 17.6 Å². The fourth-order valence-corrected chi connectivity index (χ4v) is 3.54. The number of rotatable bonds is 7. The van der Waals surface area contributed by atoms with Crippen LogP contribution in [0.15, 0.2) is 34.9 Å². The van der Waals surface area contributed by atoms with Crippen LogP contribution in [0.5, 0.6) is 5.75 Å². The molecule has 1 aliphatic rings. The molecular formula is C24H34N2O3. The molecule has 1 aliphatic heterocycles. The minimum Gasteiger partial charge on any atom is -0.424 e. The second-order valence-electron chi connectivity index (χ2n) is 8.36. The number of aryl methyl sites for hydroxylation is 1. The van der Waals surface area contributed by atoms with Crippen molar-refractivity contribution in [3.63, 3.8) is 0 Å². The highest BCUT2D eigenvalue weighted by Crippen LogP contribution is 2.38. The molecule has 0 radical (unpaired) electrons. The van der Waals surface area contributed by atoms with Gasteiger partial charge in [0, 0.05) is 29.3 Å². The van der Waals surface area contributed by atoms with Gasteiger partial charge in [-0.1, -0.05) is 46.8 Å². The van der Waals surface area contributed by atoms with Gasteiger partial charge in [-0.2, -0.15) is 0 Å². The first-order chi connectivity index (χ1) is 13.6. The summed E-state index contributed by atoms with van der Waals surface area (Å²) in [5.74, 6) is 0.218. The lowest BCUT2D eigenvalue weighted by atomic mass is 9.81. The Morgan fingerprint density at radius 3 is 2.38 bits per heavy atom. The topological polar surface area (TPSA) is 81.4 Å². The maximum absolute atomic E-state index is 13.0. The van der Waals surface area contributed by atoms with Crippen molar-refractivity contribution in [2.75, 3.05) is 6.54 Å². The number of ketones is 1. The molecule has 158 valence electrons. The first-order valence-electron chi connectivity index (χ1n) is 10.4. The van der Waals surface area contributed by atoms with Crippen molar-refractivity contribution in [1.82, 2.24) is 5.32 Å². The quantitative estimate of drug-likeness (QED) is 0.533. The average Bonchev–Trinajstić information content (AvgIpc) is 2.67. The van der Waals surface area contributed by atoms with E-state index in [2.05, 4.69) is 19.2 Å². The lowest BCUT2D eigenvalue weighted by molar-refractivity contribution is -0.136. The van der Waals surface area contributed by atoms with Gasteiger partial charge in [0.25, 0.3) is 0 Å². The third kappa shape index (κ3) is 4.78. The molecule has 0 fully saturated rings. The summed E-state index contributed by atoms with van der Waals surface area (Å²) in [6.45, 7) is 14.3. The minimum atomic E-state index is -0.666. The van der Waals surface area contributed by atoms with Crippen LogP contribution in [-0.2, 0) is 9.59 Å². The van der Waals surface area contributed by atoms with Gasteiger partial charge in [0.2, 0.25) is 0 Å². The van der Waals surface area contributed by atoms with E-state index in [4.69, 9.17) is 10.5 Å². The zero-order chi connectivity index (χ0) is 21.9. The average molecular weight is 399 g/mol. The number of nitrogens with one attached hydrogen (secondary N) is 1. The largest absolute Gasteiger partial charge is 0.424 e. The lowest BCUT2D eigenvalue weighted by Crippen LogP contribution is -2.34. The maximum atomic E-state index is 13.0. The zero-order valence-corrected chi connectivity index (χ0v) is 18.7. The smallest absolute Gasteiger partial charge is 0.328 e. The van der Waals surface area contributed by atoms with E-state index < -0.39 is 12.0 Å². The number of carbonyl (C=O) groups excluding carboxylic acids is 2. The Bertz CT molecular complexity index is 863. The van der Waals surface area contributed by atoms with Gasteiger partial charge >= 0.3 is 5.97 Å². The number of hydrogen-bond acceptors (Lipinski definition) is 5. The van der Waals surface area contributed by atoms with E-state index in [1.807, 2.05) is 52.8 Å². The molecule has 0 aromatic heterocycles. The van der Waals surface area contributed by atoms with Crippen LogP contribution in [0.4, 0.5) is 0 Å². The van der Waals surface area contributed by atoms with Crippen LogP contribution in [0.2, 0.25) is 0 Å². The van der Waals surface area contributed by atoms with E-state index in [0.717, 1.165) is 33.5 Å². The van der Waals surface area contributed by atoms with E-state index in [1.165, 1.54) is 0 Å². The molecule has 0 aliphatic carbocycles. The van der Waals surface area contributed by atoms with Crippen molar-refractivity contribution in [3.05, 3.63) is 46.0 Å². The van der Waals surface area contributed by atoms with Crippen LogP contribution in [0.25, 0.3) is 5.70 Å². The Morgan fingerprint density at radius 2 is 1.83 bits per heavy atom. The maximum Gasteiger partial charge on any atom is 0.328 e. The molecule has 0 unspecified atom stereocenters. The molecule has 0 bridgehead atoms. The Hall–Kier alpha value is -2.40. The summed E-state index contributed by atoms with van der Waals surface area (Å²) in [4.78, 5) is 25.4. The standard InChI is InChI=1S/C24H34N2O3/c1-8-18(25)24(28)29-23-15(6)10-9-11-17(23)21-19(13(2)3)20(16(7)12-26-21)22(27)14(4)5/h9-11,13-14,18,26H,8,12,25H2,1-7H3/t18-/m1/s1. The summed E-state index contributed by atoms with van der Waals surface area (Å²) in [6.07, 6.45) is 0.507. The summed E-state index contributed by atoms with van der Waals surface area (Å²) in [5, 5.41) is 3.47. The molecule has 1 aromatic rings. The third-order valence-electron chi connectivity index (χ3n) is 5.27. The van der Waals surface area contributed by atoms with Gasteiger partial charge in [0.15, 0.2) is 5.78 Å². The van der Waals surface area contributed by atoms with Crippen molar-refractivity contribution in [1.29, 1.82) is 0 Å². The molecule has 0 spiro atoms. The fourth-order valence-electron chi connectivity index (χ4n) is 3.54. The molecule has 29 heavy (non-hydrogen) atoms. The number of para-hydroxylation sites is 1. The summed E-state index contributed by atoms with van der Waals surface area (Å²) in [6, 6.07) is 5.10. The van der Waals surface area contributed by atoms with Gasteiger partial charge in [-0.3, -0.25) is 4.79 Å². The molecule has 5 nitrogen and oxygen atoms in total. The third-order valence-corrected chi connectivity index (χ3v) is 5.27. The normalized spacial score (nSPS) is 15.7. The van der Waals surface area contributed by atoms with Crippen molar-refractivity contribution in [2.24, 2.45) is 17.6 Å². The fraction of sp³-hybridized carbons (Fsp3) is 0.500. The summed E-state index contributed by atoms with van der Waals surface area (Å²) < 4.78 is 5.74. The monoisotopic (exact) mass is 398 g/mol. The number of allylic oxidation sites excluding steroid dienone is 2. The number of dihydropyridines is 1. The van der Waals surface area contributed by atoms with Gasteiger partial charge in [-0.05, 0) is 49.0 Å². The van der Waals surface area contributed by atoms with E-state index in [9.17, 15) is 9.59 Å². The van der Waals surface area contributed by atoms with Gasteiger partial charge in [-0.15, -0.1) is 0 Å². The number of hydrogen-bond donors (Lipinski definition) is 2. The highest BCUT2D eigenvalue weighted by molar-refractivity contribution is 6.04. The molecule has 1 atom stereocenters. The van der Waals surface area contributed by atoms with Gasteiger partial charge in [-0.25, -0.2) is 4.79 Å². The molecule has 0 saturated carbocycles. The molecule has 0 amide bonds. The molecule has 1 aromatic carbocycles. The Labute approximate surface area is 174 Å². The highest BCUT2D eigenvalue weighted by atomic mass is 16.5. The molecule has 0 saturated heterocycles. The van der Waals surface area contributed by atoms with Crippen LogP contribution in [-0.4, -0.2) is 24.3 Å². The minimum absolute atomic E-state index is 0.0922. The van der Waals surface area contributed by atoms with Crippen LogP contribution < -0.4 is 15.8 Å². The van der Waals surface area contributed by atoms with Crippen molar-refractivity contribution < 1.29 is 14.3 Å². The van der Waals surface area contributed by atoms with Crippen LogP contribution in [0.1, 0.15) is 59.1 Å². The Morgan fingerprint density at radius 1 is 1.17 bits per heavy atom. The van der Waals surface area contributed by atoms with E-state index >= 15 is 0 Å². The number of Topliss-reactive ketones (excluding diaryl/α,β-unsaturated/α-hetero) is 1. The molecular weight excluding hydrogens is 364 g/mol. The van der Waals surface area contributed by atoms with Gasteiger partial charge in [0.1, 0.15) is 11.8 Å². The number of nitrogens with two attached hydrogens (primary N) is 1. The van der Waals surface area contributed by atoms with Gasteiger partial charge in [0.05, 0.1) is 0 Å². The highest BCUT2D eigenvalue weighted by Gasteiger charge is 2.30. The number of ether oxygens (including phenoxy) is 1. The number of carbonyl (C=O) groups is 2. The Kier molecular flexibility index (Phi) is 7.42. The number of esters is 1. The summed E-state index contributed by atoms with van der Waals surface area (Å²) >= 11 is 0. The number of benzene rings is 1. The van der Waals surface area contributed by atoms with Crippen LogP contribution >= 0.6 is 0 Å². The molecule has 5 heteroatoms. The lowest BCUT2D eigenvalue weighted by Gasteiger charge is -2.30. The predicted molar refractivity (Wildman–Crippen MR) is 117 cm³/mol. The zero-order valence-electron chi connectivity index (χ0n) is 18.7. The molecule has 1 heterocycles. The van der Waals surface area contributed by atoms with Crippen molar-refractivity contribution in [3.8, 4) is 5.75 Å². The van der Waals surface area contributed by atoms with Crippen LogP contribution in [0.3, 0.4) is 0 Å². The molecule has 3 N–H and O–H groups in total. The first kappa shape index (κ1) is 22.9. The van der Waals surface area contributed by atoms with E-state index in [0.29, 0.717) is 18.7 Å². The van der Waals surface area contributed by atoms with Crippen molar-refractivity contribution >= 4 is 17.4 Å².